The molecule has 2 aromatic rings. The predicted molar refractivity (Wildman–Crippen MR) is 71.8 cm³/mol. The number of aromatic nitrogens is 1. The van der Waals surface area contributed by atoms with Crippen LogP contribution in [0.1, 0.15) is 24.5 Å². The number of benzene rings is 1. The van der Waals surface area contributed by atoms with Crippen LogP contribution in [-0.2, 0) is 0 Å². The molecule has 0 N–H and O–H groups in total. The smallest absolute Gasteiger partial charge is 0.145 e. The molecule has 0 aliphatic heterocycles. The minimum atomic E-state index is 0.558. The van der Waals surface area contributed by atoms with E-state index in [0.717, 1.165) is 28.1 Å². The van der Waals surface area contributed by atoms with Gasteiger partial charge in [0.15, 0.2) is 0 Å². The van der Waals surface area contributed by atoms with E-state index in [0.29, 0.717) is 10.9 Å². The zero-order valence-corrected chi connectivity index (χ0v) is 11.1. The second-order valence-electron chi connectivity index (χ2n) is 4.50. The molecule has 0 unspecified atom stereocenters. The minimum absolute atomic E-state index is 0.558. The van der Waals surface area contributed by atoms with Crippen LogP contribution < -0.4 is 9.47 Å². The van der Waals surface area contributed by atoms with Crippen molar-refractivity contribution in [2.24, 2.45) is 0 Å². The van der Waals surface area contributed by atoms with Crippen LogP contribution in [0.5, 0.6) is 11.5 Å². The van der Waals surface area contributed by atoms with Gasteiger partial charge in [-0.3, -0.25) is 0 Å². The zero-order valence-electron chi connectivity index (χ0n) is 10.4. The maximum Gasteiger partial charge on any atom is 0.145 e. The molecule has 0 atom stereocenters. The number of ether oxygens (including phenoxy) is 2. The fourth-order valence-corrected chi connectivity index (χ4v) is 2.48. The van der Waals surface area contributed by atoms with Gasteiger partial charge in [0.1, 0.15) is 17.0 Å². The summed E-state index contributed by atoms with van der Waals surface area (Å²) in [5.74, 6) is 2.02. The lowest BCUT2D eigenvalue weighted by Gasteiger charge is -2.11. The van der Waals surface area contributed by atoms with Crippen LogP contribution in [0, 0.1) is 0 Å². The third-order valence-corrected chi connectivity index (χ3v) is 3.59. The molecule has 0 spiro atoms. The van der Waals surface area contributed by atoms with Crippen molar-refractivity contribution in [3.8, 4) is 11.5 Å². The summed E-state index contributed by atoms with van der Waals surface area (Å²) in [6.45, 7) is 0. The van der Waals surface area contributed by atoms with E-state index in [1.165, 1.54) is 12.8 Å². The van der Waals surface area contributed by atoms with Crippen molar-refractivity contribution in [3.05, 3.63) is 28.9 Å². The van der Waals surface area contributed by atoms with Crippen LogP contribution in [0.15, 0.2) is 18.2 Å². The molecule has 94 valence electrons. The van der Waals surface area contributed by atoms with E-state index in [1.54, 1.807) is 14.2 Å². The van der Waals surface area contributed by atoms with Crippen LogP contribution in [-0.4, -0.2) is 19.2 Å². The Bertz CT molecular complexity index is 608. The molecule has 0 radical (unpaired) electrons. The van der Waals surface area contributed by atoms with Crippen LogP contribution in [0.3, 0.4) is 0 Å². The molecule has 3 nitrogen and oxygen atoms in total. The maximum atomic E-state index is 6.37. The summed E-state index contributed by atoms with van der Waals surface area (Å²) in [7, 11) is 3.27. The third kappa shape index (κ3) is 1.79. The van der Waals surface area contributed by atoms with Crippen molar-refractivity contribution >= 4 is 22.5 Å². The lowest BCUT2D eigenvalue weighted by Crippen LogP contribution is -1.95. The first-order valence-corrected chi connectivity index (χ1v) is 6.33. The van der Waals surface area contributed by atoms with Crippen molar-refractivity contribution in [2.45, 2.75) is 18.8 Å². The highest BCUT2D eigenvalue weighted by Gasteiger charge is 2.26. The fourth-order valence-electron chi connectivity index (χ4n) is 2.18. The molecule has 1 aliphatic rings. The van der Waals surface area contributed by atoms with Crippen LogP contribution in [0.4, 0.5) is 0 Å². The summed E-state index contributed by atoms with van der Waals surface area (Å²) in [4.78, 5) is 4.69. The Morgan fingerprint density at radius 1 is 1.17 bits per heavy atom. The van der Waals surface area contributed by atoms with E-state index in [-0.39, 0.29) is 0 Å². The first kappa shape index (κ1) is 11.6. The SMILES string of the molecule is COc1ccc(OC)c2c(Cl)cc(C3CC3)nc12. The number of hydrogen-bond donors (Lipinski definition) is 0. The summed E-state index contributed by atoms with van der Waals surface area (Å²) in [6.07, 6.45) is 2.39. The van der Waals surface area contributed by atoms with Gasteiger partial charge in [-0.15, -0.1) is 0 Å². The Morgan fingerprint density at radius 2 is 1.83 bits per heavy atom. The topological polar surface area (TPSA) is 31.4 Å². The Morgan fingerprint density at radius 3 is 2.44 bits per heavy atom. The molecule has 18 heavy (non-hydrogen) atoms. The highest BCUT2D eigenvalue weighted by atomic mass is 35.5. The maximum absolute atomic E-state index is 6.37. The van der Waals surface area contributed by atoms with Crippen LogP contribution in [0.2, 0.25) is 5.02 Å². The second kappa shape index (κ2) is 4.32. The van der Waals surface area contributed by atoms with E-state index >= 15 is 0 Å². The Hall–Kier alpha value is -1.48. The minimum Gasteiger partial charge on any atom is -0.496 e. The Balaban J connectivity index is 2.32. The third-order valence-electron chi connectivity index (χ3n) is 3.29. The quantitative estimate of drug-likeness (QED) is 0.844. The van der Waals surface area contributed by atoms with Gasteiger partial charge in [0.05, 0.1) is 24.6 Å². The number of halogens is 1. The summed E-state index contributed by atoms with van der Waals surface area (Å²) in [5.41, 5.74) is 1.84. The molecule has 1 aliphatic carbocycles. The summed E-state index contributed by atoms with van der Waals surface area (Å²) in [5, 5.41) is 1.50. The van der Waals surface area contributed by atoms with Gasteiger partial charge in [-0.1, -0.05) is 11.6 Å². The van der Waals surface area contributed by atoms with Gasteiger partial charge >= 0.3 is 0 Å². The molecule has 1 heterocycles. The number of hydrogen-bond acceptors (Lipinski definition) is 3. The average Bonchev–Trinajstić information content (AvgIpc) is 3.21. The Kier molecular flexibility index (Phi) is 2.78. The van der Waals surface area contributed by atoms with Crippen LogP contribution >= 0.6 is 11.6 Å². The summed E-state index contributed by atoms with van der Waals surface area (Å²) >= 11 is 6.37. The van der Waals surface area contributed by atoms with Crippen LogP contribution in [0.25, 0.3) is 10.9 Å². The van der Waals surface area contributed by atoms with E-state index in [1.807, 2.05) is 18.2 Å². The van der Waals surface area contributed by atoms with E-state index < -0.39 is 0 Å². The van der Waals surface area contributed by atoms with Gasteiger partial charge in [0.25, 0.3) is 0 Å². The first-order valence-electron chi connectivity index (χ1n) is 5.95. The van der Waals surface area contributed by atoms with Crippen molar-refractivity contribution in [1.82, 2.24) is 4.98 Å². The Labute approximate surface area is 111 Å². The molecule has 1 saturated carbocycles. The molecule has 1 fully saturated rings. The van der Waals surface area contributed by atoms with Crippen molar-refractivity contribution in [1.29, 1.82) is 0 Å². The molecular weight excluding hydrogens is 250 g/mol. The average molecular weight is 264 g/mol. The highest BCUT2D eigenvalue weighted by Crippen LogP contribution is 2.43. The molecule has 3 rings (SSSR count). The largest absolute Gasteiger partial charge is 0.496 e. The molecule has 1 aromatic carbocycles. The lowest BCUT2D eigenvalue weighted by atomic mass is 10.1. The molecule has 0 amide bonds. The number of fused-ring (bicyclic) bond motifs is 1. The monoisotopic (exact) mass is 263 g/mol. The number of rotatable bonds is 3. The van der Waals surface area contributed by atoms with Crippen molar-refractivity contribution < 1.29 is 9.47 Å². The highest BCUT2D eigenvalue weighted by molar-refractivity contribution is 6.36. The molecule has 1 aromatic heterocycles. The number of pyridine rings is 1. The van der Waals surface area contributed by atoms with Crippen molar-refractivity contribution in [2.75, 3.05) is 14.2 Å². The van der Waals surface area contributed by atoms with E-state index in [2.05, 4.69) is 4.98 Å². The molecule has 0 saturated heterocycles. The number of methoxy groups -OCH3 is 2. The lowest BCUT2D eigenvalue weighted by molar-refractivity contribution is 0.409. The van der Waals surface area contributed by atoms with Gasteiger partial charge in [0, 0.05) is 11.6 Å². The van der Waals surface area contributed by atoms with Gasteiger partial charge in [-0.25, -0.2) is 4.98 Å². The van der Waals surface area contributed by atoms with Gasteiger partial charge < -0.3 is 9.47 Å². The normalized spacial score (nSPS) is 14.8. The second-order valence-corrected chi connectivity index (χ2v) is 4.90. The predicted octanol–water partition coefficient (Wildman–Crippen LogP) is 3.78. The van der Waals surface area contributed by atoms with Gasteiger partial charge in [-0.05, 0) is 31.0 Å². The summed E-state index contributed by atoms with van der Waals surface area (Å²) < 4.78 is 10.7. The van der Waals surface area contributed by atoms with Gasteiger partial charge in [0.2, 0.25) is 0 Å². The molecule has 4 heteroatoms. The summed E-state index contributed by atoms with van der Waals surface area (Å²) in [6, 6.07) is 5.66. The zero-order chi connectivity index (χ0) is 12.7. The number of nitrogens with zero attached hydrogens (tertiary/aromatic N) is 1. The standard InChI is InChI=1S/C14H14ClNO2/c1-17-11-5-6-12(18-2)14-13(11)9(15)7-10(16-14)8-3-4-8/h5-8H,3-4H2,1-2H3. The fraction of sp³-hybridized carbons (Fsp3) is 0.357. The molecular formula is C14H14ClNO2. The van der Waals surface area contributed by atoms with E-state index in [4.69, 9.17) is 21.1 Å². The van der Waals surface area contributed by atoms with Gasteiger partial charge in [-0.2, -0.15) is 0 Å². The first-order chi connectivity index (χ1) is 8.74. The van der Waals surface area contributed by atoms with Crippen molar-refractivity contribution in [3.63, 3.8) is 0 Å². The molecule has 0 bridgehead atoms. The van der Waals surface area contributed by atoms with E-state index in [9.17, 15) is 0 Å².